The SMILES string of the molecule is CC1C#CC(F)C2(F)C[C@H]2C1. The molecule has 0 bridgehead atoms. The van der Waals surface area contributed by atoms with Crippen molar-refractivity contribution in [2.24, 2.45) is 11.8 Å². The number of halogens is 2. The predicted molar refractivity (Wildman–Crippen MR) is 38.4 cm³/mol. The van der Waals surface area contributed by atoms with Crippen LogP contribution in [0.25, 0.3) is 0 Å². The molecule has 2 rings (SSSR count). The first-order valence-electron chi connectivity index (χ1n) is 3.97. The van der Waals surface area contributed by atoms with Gasteiger partial charge in [0.05, 0.1) is 0 Å². The summed E-state index contributed by atoms with van der Waals surface area (Å²) in [7, 11) is 0. The van der Waals surface area contributed by atoms with Gasteiger partial charge in [0, 0.05) is 11.8 Å². The lowest BCUT2D eigenvalue weighted by molar-refractivity contribution is 0.169. The van der Waals surface area contributed by atoms with Crippen LogP contribution in [-0.4, -0.2) is 11.8 Å². The number of hydrogen-bond donors (Lipinski definition) is 0. The van der Waals surface area contributed by atoms with Crippen molar-refractivity contribution in [3.8, 4) is 11.8 Å². The van der Waals surface area contributed by atoms with E-state index in [-0.39, 0.29) is 11.8 Å². The predicted octanol–water partition coefficient (Wildman–Crippen LogP) is 2.10. The van der Waals surface area contributed by atoms with E-state index in [1.165, 1.54) is 0 Å². The molecule has 2 heteroatoms. The molecule has 0 saturated heterocycles. The second kappa shape index (κ2) is 1.97. The van der Waals surface area contributed by atoms with E-state index < -0.39 is 11.8 Å². The van der Waals surface area contributed by atoms with E-state index in [2.05, 4.69) is 11.8 Å². The summed E-state index contributed by atoms with van der Waals surface area (Å²) in [5.74, 6) is 5.14. The summed E-state index contributed by atoms with van der Waals surface area (Å²) in [6.45, 7) is 1.92. The molecule has 3 unspecified atom stereocenters. The average Bonchev–Trinajstić information content (AvgIpc) is 2.58. The summed E-state index contributed by atoms with van der Waals surface area (Å²) in [5.41, 5.74) is -1.57. The molecule has 0 aromatic heterocycles. The average molecular weight is 156 g/mol. The van der Waals surface area contributed by atoms with Gasteiger partial charge in [0.15, 0.2) is 11.8 Å². The van der Waals surface area contributed by atoms with Gasteiger partial charge in [-0.05, 0) is 12.8 Å². The van der Waals surface area contributed by atoms with Crippen LogP contribution in [0.1, 0.15) is 19.8 Å². The molecule has 0 aromatic rings. The van der Waals surface area contributed by atoms with Gasteiger partial charge in [-0.25, -0.2) is 8.78 Å². The minimum atomic E-state index is -1.57. The topological polar surface area (TPSA) is 0 Å². The Labute approximate surface area is 65.0 Å². The Bertz CT molecular complexity index is 238. The van der Waals surface area contributed by atoms with Crippen molar-refractivity contribution in [2.75, 3.05) is 0 Å². The van der Waals surface area contributed by atoms with Crippen LogP contribution < -0.4 is 0 Å². The van der Waals surface area contributed by atoms with Crippen molar-refractivity contribution < 1.29 is 8.78 Å². The maximum absolute atomic E-state index is 13.3. The van der Waals surface area contributed by atoms with Gasteiger partial charge < -0.3 is 0 Å². The third kappa shape index (κ3) is 0.946. The Morgan fingerprint density at radius 3 is 2.91 bits per heavy atom. The smallest absolute Gasteiger partial charge is 0.194 e. The van der Waals surface area contributed by atoms with Crippen molar-refractivity contribution in [3.63, 3.8) is 0 Å². The standard InChI is InChI=1S/C9H10F2/c1-6-2-3-8(10)9(11)5-7(9)4-6/h6-8H,4-5H2,1H3/t6?,7-,8?,9?/m1/s1. The first-order valence-corrected chi connectivity index (χ1v) is 3.97. The van der Waals surface area contributed by atoms with Gasteiger partial charge in [-0.3, -0.25) is 0 Å². The second-order valence-electron chi connectivity index (χ2n) is 3.62. The second-order valence-corrected chi connectivity index (χ2v) is 3.62. The lowest BCUT2D eigenvalue weighted by Gasteiger charge is -2.05. The highest BCUT2D eigenvalue weighted by atomic mass is 19.2. The number of hydrogen-bond acceptors (Lipinski definition) is 0. The lowest BCUT2D eigenvalue weighted by Crippen LogP contribution is -2.18. The molecule has 2 aliphatic rings. The van der Waals surface area contributed by atoms with Crippen LogP contribution in [-0.2, 0) is 0 Å². The summed E-state index contributed by atoms with van der Waals surface area (Å²) in [6.07, 6.45) is -0.422. The zero-order valence-electron chi connectivity index (χ0n) is 6.40. The van der Waals surface area contributed by atoms with Crippen molar-refractivity contribution in [1.29, 1.82) is 0 Å². The Kier molecular flexibility index (Phi) is 1.27. The van der Waals surface area contributed by atoms with Gasteiger partial charge in [0.25, 0.3) is 0 Å². The number of alkyl halides is 2. The molecule has 1 fully saturated rings. The molecule has 0 radical (unpaired) electrons. The zero-order chi connectivity index (χ0) is 8.06. The molecular weight excluding hydrogens is 146 g/mol. The molecule has 0 heterocycles. The van der Waals surface area contributed by atoms with Crippen molar-refractivity contribution in [2.45, 2.75) is 31.6 Å². The maximum Gasteiger partial charge on any atom is 0.194 e. The fourth-order valence-corrected chi connectivity index (χ4v) is 1.73. The Hall–Kier alpha value is -0.580. The van der Waals surface area contributed by atoms with E-state index in [9.17, 15) is 8.78 Å². The quantitative estimate of drug-likeness (QED) is 0.471. The molecule has 4 atom stereocenters. The van der Waals surface area contributed by atoms with Gasteiger partial charge in [0.1, 0.15) is 0 Å². The molecule has 1 saturated carbocycles. The first kappa shape index (κ1) is 7.09. The number of rotatable bonds is 0. The first-order chi connectivity index (χ1) is 5.13. The van der Waals surface area contributed by atoms with Crippen LogP contribution in [0, 0.1) is 23.7 Å². The van der Waals surface area contributed by atoms with Crippen LogP contribution in [0.15, 0.2) is 0 Å². The van der Waals surface area contributed by atoms with E-state index in [1.807, 2.05) is 6.92 Å². The van der Waals surface area contributed by atoms with Gasteiger partial charge in [0.2, 0.25) is 0 Å². The largest absolute Gasteiger partial charge is 0.239 e. The van der Waals surface area contributed by atoms with Gasteiger partial charge in [-0.1, -0.05) is 18.8 Å². The summed E-state index contributed by atoms with van der Waals surface area (Å²) in [4.78, 5) is 0. The molecule has 0 aromatic carbocycles. The molecule has 0 aliphatic heterocycles. The minimum absolute atomic E-state index is 0.0741. The highest BCUT2D eigenvalue weighted by Gasteiger charge is 2.61. The fourth-order valence-electron chi connectivity index (χ4n) is 1.73. The van der Waals surface area contributed by atoms with E-state index in [0.29, 0.717) is 6.42 Å². The highest BCUT2D eigenvalue weighted by Crippen LogP contribution is 2.54. The van der Waals surface area contributed by atoms with Gasteiger partial charge in [-0.2, -0.15) is 0 Å². The molecular formula is C9H10F2. The molecule has 2 aliphatic carbocycles. The van der Waals surface area contributed by atoms with E-state index in [0.717, 1.165) is 6.42 Å². The molecule has 0 N–H and O–H groups in total. The Morgan fingerprint density at radius 1 is 1.45 bits per heavy atom. The summed E-state index contributed by atoms with van der Waals surface area (Å²) in [6, 6.07) is 0. The van der Waals surface area contributed by atoms with Gasteiger partial charge in [-0.15, -0.1) is 0 Å². The van der Waals surface area contributed by atoms with Crippen LogP contribution in [0.4, 0.5) is 8.78 Å². The van der Waals surface area contributed by atoms with Crippen molar-refractivity contribution in [3.05, 3.63) is 0 Å². The van der Waals surface area contributed by atoms with Crippen LogP contribution in [0.3, 0.4) is 0 Å². The summed E-state index contributed by atoms with van der Waals surface area (Å²) < 4.78 is 26.2. The maximum atomic E-state index is 13.3. The third-order valence-corrected chi connectivity index (χ3v) is 2.59. The minimum Gasteiger partial charge on any atom is -0.239 e. The van der Waals surface area contributed by atoms with Crippen LogP contribution in [0.2, 0.25) is 0 Å². The normalized spacial score (nSPS) is 53.5. The van der Waals surface area contributed by atoms with E-state index in [4.69, 9.17) is 0 Å². The van der Waals surface area contributed by atoms with Crippen molar-refractivity contribution >= 4 is 0 Å². The fraction of sp³-hybridized carbons (Fsp3) is 0.778. The summed E-state index contributed by atoms with van der Waals surface area (Å²) >= 11 is 0. The molecule has 0 amide bonds. The van der Waals surface area contributed by atoms with Gasteiger partial charge >= 0.3 is 0 Å². The lowest BCUT2D eigenvalue weighted by atomic mass is 10.1. The number of fused-ring (bicyclic) bond motifs is 1. The third-order valence-electron chi connectivity index (χ3n) is 2.59. The van der Waals surface area contributed by atoms with Crippen LogP contribution >= 0.6 is 0 Å². The Morgan fingerprint density at radius 2 is 2.18 bits per heavy atom. The summed E-state index contributed by atoms with van der Waals surface area (Å²) in [5, 5.41) is 0. The van der Waals surface area contributed by atoms with E-state index >= 15 is 0 Å². The highest BCUT2D eigenvalue weighted by molar-refractivity contribution is 5.25. The van der Waals surface area contributed by atoms with E-state index in [1.54, 1.807) is 0 Å². The Balaban J connectivity index is 2.21. The van der Waals surface area contributed by atoms with Crippen LogP contribution in [0.5, 0.6) is 0 Å². The molecule has 0 nitrogen and oxygen atoms in total. The molecule has 60 valence electrons. The zero-order valence-corrected chi connectivity index (χ0v) is 6.40. The molecule has 0 spiro atoms. The molecule has 11 heavy (non-hydrogen) atoms. The monoisotopic (exact) mass is 156 g/mol. The van der Waals surface area contributed by atoms with Crippen molar-refractivity contribution in [1.82, 2.24) is 0 Å².